The van der Waals surface area contributed by atoms with Crippen LogP contribution in [0.1, 0.15) is 40.5 Å². The summed E-state index contributed by atoms with van der Waals surface area (Å²) in [4.78, 5) is 49.8. The van der Waals surface area contributed by atoms with E-state index < -0.39 is 48.6 Å². The highest BCUT2D eigenvalue weighted by atomic mass is 16.7. The molecule has 0 spiro atoms. The van der Waals surface area contributed by atoms with Crippen LogP contribution in [-0.4, -0.2) is 127 Å². The highest BCUT2D eigenvalue weighted by molar-refractivity contribution is 5.75. The molecule has 0 bridgehead atoms. The molecule has 0 radical (unpaired) electrons. The predicted octanol–water partition coefficient (Wildman–Crippen LogP) is 0.816. The minimum absolute atomic E-state index is 0.0790. The van der Waals surface area contributed by atoms with Gasteiger partial charge in [0.15, 0.2) is 24.6 Å². The minimum atomic E-state index is -1.19. The molecular weight excluding hydrogens is 576 g/mol. The van der Waals surface area contributed by atoms with Crippen molar-refractivity contribution >= 4 is 23.8 Å². The van der Waals surface area contributed by atoms with Crippen molar-refractivity contribution in [3.05, 3.63) is 10.4 Å². The van der Waals surface area contributed by atoms with Crippen LogP contribution in [0.4, 0.5) is 0 Å². The van der Waals surface area contributed by atoms with Crippen LogP contribution in [0.3, 0.4) is 0 Å². The van der Waals surface area contributed by atoms with E-state index in [2.05, 4.69) is 15.3 Å². The molecule has 43 heavy (non-hydrogen) atoms. The molecule has 1 fully saturated rings. The fraction of sp³-hybridized carbons (Fsp3) is 0.846. The number of ether oxygens (including phenoxy) is 9. The first kappa shape index (κ1) is 38.0. The van der Waals surface area contributed by atoms with Crippen LogP contribution in [0.25, 0.3) is 10.4 Å². The van der Waals surface area contributed by atoms with Crippen molar-refractivity contribution in [1.82, 2.24) is 5.32 Å². The second kappa shape index (κ2) is 23.4. The molecular formula is C26H44N4O13. The molecule has 17 heteroatoms. The van der Waals surface area contributed by atoms with E-state index in [1.54, 1.807) is 6.92 Å². The van der Waals surface area contributed by atoms with Gasteiger partial charge in [-0.1, -0.05) is 5.11 Å². The minimum Gasteiger partial charge on any atom is -0.456 e. The van der Waals surface area contributed by atoms with Gasteiger partial charge in [0.2, 0.25) is 5.91 Å². The third-order valence-electron chi connectivity index (χ3n) is 5.55. The zero-order valence-corrected chi connectivity index (χ0v) is 25.2. The molecule has 0 unspecified atom stereocenters. The maximum atomic E-state index is 12.1. The van der Waals surface area contributed by atoms with Crippen LogP contribution in [0.15, 0.2) is 5.11 Å². The van der Waals surface area contributed by atoms with E-state index in [-0.39, 0.29) is 18.9 Å². The molecule has 1 amide bonds. The van der Waals surface area contributed by atoms with Gasteiger partial charge in [-0.25, -0.2) is 0 Å². The van der Waals surface area contributed by atoms with Gasteiger partial charge < -0.3 is 47.9 Å². The van der Waals surface area contributed by atoms with Crippen molar-refractivity contribution in [2.75, 3.05) is 72.6 Å². The third-order valence-corrected chi connectivity index (χ3v) is 5.55. The molecule has 0 aromatic heterocycles. The van der Waals surface area contributed by atoms with Crippen molar-refractivity contribution in [3.63, 3.8) is 0 Å². The van der Waals surface area contributed by atoms with E-state index >= 15 is 0 Å². The lowest BCUT2D eigenvalue weighted by Crippen LogP contribution is -2.61. The van der Waals surface area contributed by atoms with Crippen LogP contribution in [0, 0.1) is 0 Å². The first-order valence-electron chi connectivity index (χ1n) is 14.0. The highest BCUT2D eigenvalue weighted by Crippen LogP contribution is 2.29. The normalized spacial score (nSPS) is 21.3. The lowest BCUT2D eigenvalue weighted by molar-refractivity contribution is -0.300. The smallest absolute Gasteiger partial charge is 0.303 e. The number of amides is 1. The monoisotopic (exact) mass is 620 g/mol. The molecule has 0 aromatic carbocycles. The van der Waals surface area contributed by atoms with Gasteiger partial charge in [-0.3, -0.25) is 19.2 Å². The fourth-order valence-corrected chi connectivity index (χ4v) is 3.80. The molecule has 17 nitrogen and oxygen atoms in total. The van der Waals surface area contributed by atoms with Gasteiger partial charge in [-0.2, -0.15) is 0 Å². The van der Waals surface area contributed by atoms with Crippen molar-refractivity contribution < 1.29 is 61.8 Å². The summed E-state index contributed by atoms with van der Waals surface area (Å²) in [5.41, 5.74) is 8.14. The topological polar surface area (TPSA) is 212 Å². The average Bonchev–Trinajstić information content (AvgIpc) is 2.94. The standard InChI is InChI=1S/C26H44N4O13/c1-18-23(41-19(2)31)24(42-20(3)32)25(43-21(4)33)26(40-18)39-9-5-6-22(34)28-7-10-35-12-14-37-16-17-38-15-13-36-11-8-29-30-27/h18,23-26H,5-17H2,1-4H3,(H,28,34)/t18-,23-,24+,25+,26+/m0/s1. The molecule has 0 saturated carbocycles. The van der Waals surface area contributed by atoms with E-state index in [1.807, 2.05) is 0 Å². The predicted molar refractivity (Wildman–Crippen MR) is 146 cm³/mol. The Morgan fingerprint density at radius 1 is 0.744 bits per heavy atom. The number of esters is 3. The number of azide groups is 1. The summed E-state index contributed by atoms with van der Waals surface area (Å²) < 4.78 is 48.8. The maximum Gasteiger partial charge on any atom is 0.303 e. The molecule has 5 atom stereocenters. The third kappa shape index (κ3) is 18.3. The van der Waals surface area contributed by atoms with Crippen LogP contribution in [0.5, 0.6) is 0 Å². The van der Waals surface area contributed by atoms with Gasteiger partial charge >= 0.3 is 17.9 Å². The van der Waals surface area contributed by atoms with E-state index in [9.17, 15) is 19.2 Å². The summed E-state index contributed by atoms with van der Waals surface area (Å²) in [6.45, 7) is 8.91. The molecule has 1 aliphatic rings. The number of hydrogen-bond acceptors (Lipinski definition) is 14. The van der Waals surface area contributed by atoms with Crippen LogP contribution < -0.4 is 5.32 Å². The van der Waals surface area contributed by atoms with E-state index in [1.165, 1.54) is 20.8 Å². The Labute approximate surface area is 250 Å². The molecule has 0 aromatic rings. The Morgan fingerprint density at radius 3 is 1.81 bits per heavy atom. The van der Waals surface area contributed by atoms with Crippen molar-refractivity contribution in [1.29, 1.82) is 0 Å². The second-order valence-corrected chi connectivity index (χ2v) is 9.16. The summed E-state index contributed by atoms with van der Waals surface area (Å²) in [7, 11) is 0. The zero-order valence-electron chi connectivity index (χ0n) is 25.2. The van der Waals surface area contributed by atoms with Crippen LogP contribution in [-0.2, 0) is 61.8 Å². The molecule has 1 saturated heterocycles. The molecule has 1 heterocycles. The molecule has 1 rings (SSSR count). The fourth-order valence-electron chi connectivity index (χ4n) is 3.80. The second-order valence-electron chi connectivity index (χ2n) is 9.16. The molecule has 1 N–H and O–H groups in total. The van der Waals surface area contributed by atoms with Crippen LogP contribution in [0.2, 0.25) is 0 Å². The van der Waals surface area contributed by atoms with Crippen molar-refractivity contribution in [2.24, 2.45) is 5.11 Å². The molecule has 0 aliphatic carbocycles. The van der Waals surface area contributed by atoms with Crippen molar-refractivity contribution in [2.45, 2.75) is 71.2 Å². The number of hydrogen-bond donors (Lipinski definition) is 1. The number of nitrogens with zero attached hydrogens (tertiary/aromatic N) is 3. The Kier molecular flexibility index (Phi) is 20.7. The van der Waals surface area contributed by atoms with Gasteiger partial charge in [0.25, 0.3) is 0 Å². The lowest BCUT2D eigenvalue weighted by Gasteiger charge is -2.43. The lowest BCUT2D eigenvalue weighted by atomic mass is 9.99. The Balaban J connectivity index is 2.21. The summed E-state index contributed by atoms with van der Waals surface area (Å²) in [6, 6.07) is 0. The van der Waals surface area contributed by atoms with Gasteiger partial charge in [0, 0.05) is 45.2 Å². The summed E-state index contributed by atoms with van der Waals surface area (Å²) in [5.74, 6) is -2.16. The zero-order chi connectivity index (χ0) is 31.9. The first-order chi connectivity index (χ1) is 20.6. The average molecular weight is 621 g/mol. The van der Waals surface area contributed by atoms with Gasteiger partial charge in [-0.15, -0.1) is 0 Å². The quantitative estimate of drug-likeness (QED) is 0.0419. The number of carbonyl (C=O) groups is 4. The first-order valence-corrected chi connectivity index (χ1v) is 14.0. The highest BCUT2D eigenvalue weighted by Gasteiger charge is 2.50. The SMILES string of the molecule is CC(=O)O[C@@H]1[C@@H](OC(C)=O)[C@H](C)O[C@@H](OCCCC(=O)NCCOCCOCCOCCOCCN=[N+]=[N-])[C@@H]1OC(C)=O. The van der Waals surface area contributed by atoms with E-state index in [4.69, 9.17) is 48.2 Å². The Morgan fingerprint density at radius 2 is 1.26 bits per heavy atom. The van der Waals surface area contributed by atoms with Gasteiger partial charge in [-0.05, 0) is 18.9 Å². The maximum absolute atomic E-state index is 12.1. The largest absolute Gasteiger partial charge is 0.456 e. The van der Waals surface area contributed by atoms with Crippen LogP contribution >= 0.6 is 0 Å². The van der Waals surface area contributed by atoms with Crippen molar-refractivity contribution in [3.8, 4) is 0 Å². The van der Waals surface area contributed by atoms with E-state index in [0.29, 0.717) is 72.4 Å². The van der Waals surface area contributed by atoms with Gasteiger partial charge in [0.05, 0.1) is 65.6 Å². The van der Waals surface area contributed by atoms with E-state index in [0.717, 1.165) is 0 Å². The number of carbonyl (C=O) groups excluding carboxylic acids is 4. The Bertz CT molecular complexity index is 887. The summed E-state index contributed by atoms with van der Waals surface area (Å²) in [5, 5.41) is 6.09. The Hall–Kier alpha value is -3.05. The molecule has 1 aliphatic heterocycles. The van der Waals surface area contributed by atoms with Gasteiger partial charge in [0.1, 0.15) is 0 Å². The number of nitrogens with one attached hydrogen (secondary N) is 1. The number of rotatable bonds is 23. The summed E-state index contributed by atoms with van der Waals surface area (Å²) >= 11 is 0. The summed E-state index contributed by atoms with van der Waals surface area (Å²) in [6.07, 6.45) is -4.71. The molecule has 246 valence electrons.